The first-order valence-electron chi connectivity index (χ1n) is 10.3. The van der Waals surface area contributed by atoms with Crippen molar-refractivity contribution in [3.63, 3.8) is 0 Å². The van der Waals surface area contributed by atoms with E-state index >= 15 is 0 Å². The van der Waals surface area contributed by atoms with Gasteiger partial charge in [-0.15, -0.1) is 0 Å². The number of pyridine rings is 1. The average molecular weight is 445 g/mol. The van der Waals surface area contributed by atoms with Gasteiger partial charge in [0.15, 0.2) is 0 Å². The molecule has 2 heterocycles. The molecule has 1 saturated heterocycles. The number of hydrogen-bond donors (Lipinski definition) is 1. The van der Waals surface area contributed by atoms with E-state index in [-0.39, 0.29) is 48.8 Å². The fraction of sp³-hybridized carbons (Fsp3) is 0.409. The first-order chi connectivity index (χ1) is 14.7. The molecule has 3 rings (SSSR count). The number of carbonyl (C=O) groups excluding carboxylic acids is 2. The molecule has 0 bridgehead atoms. The summed E-state index contributed by atoms with van der Waals surface area (Å²) >= 11 is 0. The van der Waals surface area contributed by atoms with Crippen LogP contribution in [0.15, 0.2) is 53.7 Å². The Morgan fingerprint density at radius 1 is 1.03 bits per heavy atom. The van der Waals surface area contributed by atoms with Gasteiger partial charge in [-0.25, -0.2) is 8.42 Å². The number of amides is 2. The number of aromatic nitrogens is 1. The molecule has 1 aliphatic heterocycles. The second-order valence-corrected chi connectivity index (χ2v) is 9.87. The molecule has 1 N–H and O–H groups in total. The average Bonchev–Trinajstić information content (AvgIpc) is 2.77. The Balaban J connectivity index is 1.66. The van der Waals surface area contributed by atoms with Crippen molar-refractivity contribution >= 4 is 21.8 Å². The molecule has 31 heavy (non-hydrogen) atoms. The zero-order valence-corrected chi connectivity index (χ0v) is 18.8. The Morgan fingerprint density at radius 2 is 1.71 bits per heavy atom. The van der Waals surface area contributed by atoms with Gasteiger partial charge in [0.2, 0.25) is 15.9 Å². The fourth-order valence-corrected chi connectivity index (χ4v) is 4.94. The third kappa shape index (κ3) is 5.11. The lowest BCUT2D eigenvalue weighted by atomic mass is 10.0. The first kappa shape index (κ1) is 22.9. The summed E-state index contributed by atoms with van der Waals surface area (Å²) in [5.41, 5.74) is 1.37. The van der Waals surface area contributed by atoms with E-state index in [0.717, 1.165) is 5.56 Å². The second kappa shape index (κ2) is 9.57. The van der Waals surface area contributed by atoms with Crippen LogP contribution in [-0.2, 0) is 14.8 Å². The lowest BCUT2D eigenvalue weighted by Gasteiger charge is -2.36. The van der Waals surface area contributed by atoms with Crippen LogP contribution in [0.25, 0.3) is 0 Å². The van der Waals surface area contributed by atoms with E-state index in [1.54, 1.807) is 23.1 Å². The Labute approximate surface area is 183 Å². The van der Waals surface area contributed by atoms with Crippen LogP contribution >= 0.6 is 0 Å². The first-order valence-corrected chi connectivity index (χ1v) is 11.7. The number of benzene rings is 1. The molecule has 2 amide bonds. The third-order valence-corrected chi connectivity index (χ3v) is 7.31. The lowest BCUT2D eigenvalue weighted by Crippen LogP contribution is -2.57. The highest BCUT2D eigenvalue weighted by Gasteiger charge is 2.34. The van der Waals surface area contributed by atoms with Crippen molar-refractivity contribution in [1.29, 1.82) is 0 Å². The molecule has 1 aromatic heterocycles. The zero-order chi connectivity index (χ0) is 22.6. The second-order valence-electron chi connectivity index (χ2n) is 7.93. The smallest absolute Gasteiger partial charge is 0.252 e. The van der Waals surface area contributed by atoms with Gasteiger partial charge in [0, 0.05) is 44.1 Å². The highest BCUT2D eigenvalue weighted by molar-refractivity contribution is 7.89. The van der Waals surface area contributed by atoms with Crippen molar-refractivity contribution in [2.75, 3.05) is 26.2 Å². The summed E-state index contributed by atoms with van der Waals surface area (Å²) in [6.45, 7) is 6.53. The molecule has 1 atom stereocenters. The van der Waals surface area contributed by atoms with Crippen LogP contribution in [0.5, 0.6) is 0 Å². The molecule has 9 heteroatoms. The summed E-state index contributed by atoms with van der Waals surface area (Å²) in [7, 11) is -3.64. The van der Waals surface area contributed by atoms with Crippen LogP contribution in [0.3, 0.4) is 0 Å². The van der Waals surface area contributed by atoms with Gasteiger partial charge in [0.25, 0.3) is 5.91 Å². The molecule has 8 nitrogen and oxygen atoms in total. The summed E-state index contributed by atoms with van der Waals surface area (Å²) in [4.78, 5) is 31.5. The van der Waals surface area contributed by atoms with Crippen molar-refractivity contribution in [2.45, 2.75) is 31.7 Å². The predicted molar refractivity (Wildman–Crippen MR) is 117 cm³/mol. The van der Waals surface area contributed by atoms with Crippen LogP contribution in [0.4, 0.5) is 0 Å². The lowest BCUT2D eigenvalue weighted by molar-refractivity contribution is -0.135. The van der Waals surface area contributed by atoms with Crippen molar-refractivity contribution in [3.05, 3.63) is 59.9 Å². The standard InChI is InChI=1S/C22H28N4O4S/c1-16(2)20(24-21(27)19-9-5-4-7-17(19)3)22(28)25-11-13-26(14-12-25)31(29,30)18-8-6-10-23-15-18/h4-10,15-16,20H,11-14H2,1-3H3,(H,24,27)/t20-/m0/s1. The summed E-state index contributed by atoms with van der Waals surface area (Å²) in [6, 6.07) is 9.63. The topological polar surface area (TPSA) is 99.7 Å². The van der Waals surface area contributed by atoms with Gasteiger partial charge >= 0.3 is 0 Å². The Morgan fingerprint density at radius 3 is 2.29 bits per heavy atom. The van der Waals surface area contributed by atoms with Crippen LogP contribution in [0.2, 0.25) is 0 Å². The fourth-order valence-electron chi connectivity index (χ4n) is 3.55. The quantitative estimate of drug-likeness (QED) is 0.731. The molecule has 0 radical (unpaired) electrons. The van der Waals surface area contributed by atoms with E-state index in [9.17, 15) is 18.0 Å². The highest BCUT2D eigenvalue weighted by Crippen LogP contribution is 2.18. The summed E-state index contributed by atoms with van der Waals surface area (Å²) < 4.78 is 26.9. The molecule has 1 aromatic carbocycles. The van der Waals surface area contributed by atoms with Gasteiger partial charge in [-0.2, -0.15) is 4.31 Å². The summed E-state index contributed by atoms with van der Waals surface area (Å²) in [5.74, 6) is -0.601. The maximum atomic E-state index is 13.2. The van der Waals surface area contributed by atoms with Crippen LogP contribution in [-0.4, -0.2) is 66.6 Å². The molecule has 1 aliphatic rings. The molecule has 2 aromatic rings. The number of carbonyl (C=O) groups is 2. The number of nitrogens with one attached hydrogen (secondary N) is 1. The third-order valence-electron chi connectivity index (χ3n) is 5.43. The molecule has 1 fully saturated rings. The Bertz CT molecular complexity index is 1030. The van der Waals surface area contributed by atoms with E-state index in [1.165, 1.54) is 22.8 Å². The van der Waals surface area contributed by atoms with E-state index in [0.29, 0.717) is 5.56 Å². The highest BCUT2D eigenvalue weighted by atomic mass is 32.2. The van der Waals surface area contributed by atoms with Crippen molar-refractivity contribution in [2.24, 2.45) is 5.92 Å². The van der Waals surface area contributed by atoms with Gasteiger partial charge in [-0.3, -0.25) is 14.6 Å². The van der Waals surface area contributed by atoms with Crippen molar-refractivity contribution < 1.29 is 18.0 Å². The van der Waals surface area contributed by atoms with E-state index < -0.39 is 16.1 Å². The minimum Gasteiger partial charge on any atom is -0.340 e. The van der Waals surface area contributed by atoms with E-state index in [4.69, 9.17) is 0 Å². The maximum Gasteiger partial charge on any atom is 0.252 e. The van der Waals surface area contributed by atoms with Gasteiger partial charge in [0.1, 0.15) is 10.9 Å². The van der Waals surface area contributed by atoms with Crippen molar-refractivity contribution in [3.8, 4) is 0 Å². The minimum atomic E-state index is -3.64. The molecule has 166 valence electrons. The van der Waals surface area contributed by atoms with Gasteiger partial charge in [0.05, 0.1) is 0 Å². The molecular weight excluding hydrogens is 416 g/mol. The largest absolute Gasteiger partial charge is 0.340 e. The van der Waals surface area contributed by atoms with Gasteiger partial charge in [-0.1, -0.05) is 32.0 Å². The normalized spacial score (nSPS) is 16.2. The zero-order valence-electron chi connectivity index (χ0n) is 18.0. The predicted octanol–water partition coefficient (Wildman–Crippen LogP) is 1.68. The van der Waals surface area contributed by atoms with Gasteiger partial charge < -0.3 is 10.2 Å². The molecular formula is C22H28N4O4S. The number of aryl methyl sites for hydroxylation is 1. The molecule has 0 aliphatic carbocycles. The maximum absolute atomic E-state index is 13.2. The number of piperazine rings is 1. The number of sulfonamides is 1. The number of nitrogens with zero attached hydrogens (tertiary/aromatic N) is 3. The Hall–Kier alpha value is -2.78. The van der Waals surface area contributed by atoms with Crippen LogP contribution < -0.4 is 5.32 Å². The monoisotopic (exact) mass is 444 g/mol. The number of hydrogen-bond acceptors (Lipinski definition) is 5. The Kier molecular flexibility index (Phi) is 7.07. The number of rotatable bonds is 6. The molecule has 0 unspecified atom stereocenters. The molecule has 0 spiro atoms. The van der Waals surface area contributed by atoms with Crippen LogP contribution in [0, 0.1) is 12.8 Å². The van der Waals surface area contributed by atoms with Crippen LogP contribution in [0.1, 0.15) is 29.8 Å². The minimum absolute atomic E-state index is 0.113. The van der Waals surface area contributed by atoms with E-state index in [1.807, 2.05) is 32.9 Å². The van der Waals surface area contributed by atoms with Crippen molar-refractivity contribution in [1.82, 2.24) is 19.5 Å². The van der Waals surface area contributed by atoms with Gasteiger partial charge in [-0.05, 0) is 36.6 Å². The summed E-state index contributed by atoms with van der Waals surface area (Å²) in [6.07, 6.45) is 2.84. The summed E-state index contributed by atoms with van der Waals surface area (Å²) in [5, 5.41) is 2.87. The SMILES string of the molecule is Cc1ccccc1C(=O)N[C@H](C(=O)N1CCN(S(=O)(=O)c2cccnc2)CC1)C(C)C. The molecule has 0 saturated carbocycles. The van der Waals surface area contributed by atoms with E-state index in [2.05, 4.69) is 10.3 Å².